The SMILES string of the molecule is CCCCCCCCNc1nccc2c1ncn2C. The average molecular weight is 260 g/mol. The number of nitrogens with zero attached hydrogens (tertiary/aromatic N) is 3. The highest BCUT2D eigenvalue weighted by Gasteiger charge is 2.05. The maximum Gasteiger partial charge on any atom is 0.154 e. The first kappa shape index (κ1) is 13.8. The van der Waals surface area contributed by atoms with Gasteiger partial charge in [0.05, 0.1) is 11.8 Å². The Balaban J connectivity index is 1.79. The maximum absolute atomic E-state index is 4.40. The van der Waals surface area contributed by atoms with Crippen molar-refractivity contribution in [1.29, 1.82) is 0 Å². The molecule has 4 nitrogen and oxygen atoms in total. The average Bonchev–Trinajstić information content (AvgIpc) is 2.81. The minimum atomic E-state index is 0.909. The van der Waals surface area contributed by atoms with Crippen molar-refractivity contribution in [3.63, 3.8) is 0 Å². The van der Waals surface area contributed by atoms with Gasteiger partial charge >= 0.3 is 0 Å². The number of hydrogen-bond acceptors (Lipinski definition) is 3. The van der Waals surface area contributed by atoms with Gasteiger partial charge in [-0.25, -0.2) is 9.97 Å². The zero-order chi connectivity index (χ0) is 13.5. The molecule has 2 aromatic rings. The van der Waals surface area contributed by atoms with E-state index >= 15 is 0 Å². The van der Waals surface area contributed by atoms with E-state index < -0.39 is 0 Å². The second-order valence-electron chi connectivity index (χ2n) is 5.08. The van der Waals surface area contributed by atoms with E-state index in [0.717, 1.165) is 23.4 Å². The summed E-state index contributed by atoms with van der Waals surface area (Å²) in [7, 11) is 2.01. The summed E-state index contributed by atoms with van der Waals surface area (Å²) >= 11 is 0. The van der Waals surface area contributed by atoms with Gasteiger partial charge in [-0.05, 0) is 12.5 Å². The molecule has 0 aliphatic carbocycles. The molecular formula is C15H24N4. The van der Waals surface area contributed by atoms with Crippen LogP contribution in [0.4, 0.5) is 5.82 Å². The molecule has 0 aliphatic rings. The summed E-state index contributed by atoms with van der Waals surface area (Å²) in [5.41, 5.74) is 2.09. The van der Waals surface area contributed by atoms with E-state index in [0.29, 0.717) is 0 Å². The predicted octanol–water partition coefficient (Wildman–Crippen LogP) is 3.74. The van der Waals surface area contributed by atoms with Gasteiger partial charge in [-0.2, -0.15) is 0 Å². The highest BCUT2D eigenvalue weighted by Crippen LogP contribution is 2.18. The largest absolute Gasteiger partial charge is 0.368 e. The van der Waals surface area contributed by atoms with Crippen molar-refractivity contribution in [3.05, 3.63) is 18.6 Å². The molecule has 2 heterocycles. The Hall–Kier alpha value is -1.58. The quantitative estimate of drug-likeness (QED) is 0.735. The molecule has 0 saturated heterocycles. The van der Waals surface area contributed by atoms with Gasteiger partial charge in [0.2, 0.25) is 0 Å². The Morgan fingerprint density at radius 1 is 1.11 bits per heavy atom. The summed E-state index contributed by atoms with van der Waals surface area (Å²) in [4.78, 5) is 8.78. The van der Waals surface area contributed by atoms with Crippen LogP contribution in [0.2, 0.25) is 0 Å². The highest BCUT2D eigenvalue weighted by molar-refractivity contribution is 5.85. The molecule has 4 heteroatoms. The monoisotopic (exact) mass is 260 g/mol. The van der Waals surface area contributed by atoms with Crippen molar-refractivity contribution in [1.82, 2.24) is 14.5 Å². The summed E-state index contributed by atoms with van der Waals surface area (Å²) in [5.74, 6) is 0.909. The second kappa shape index (κ2) is 7.12. The van der Waals surface area contributed by atoms with Crippen LogP contribution in [-0.4, -0.2) is 21.1 Å². The van der Waals surface area contributed by atoms with Crippen LogP contribution in [0.25, 0.3) is 11.0 Å². The van der Waals surface area contributed by atoms with Crippen LogP contribution in [0, 0.1) is 0 Å². The fourth-order valence-electron chi connectivity index (χ4n) is 2.30. The standard InChI is InChI=1S/C15H24N4/c1-3-4-5-6-7-8-10-16-15-14-13(9-11-17-15)19(2)12-18-14/h9,11-12H,3-8,10H2,1-2H3,(H,16,17). The van der Waals surface area contributed by atoms with Crippen molar-refractivity contribution in [2.24, 2.45) is 7.05 Å². The number of rotatable bonds is 8. The molecule has 1 N–H and O–H groups in total. The molecule has 2 aromatic heterocycles. The molecule has 19 heavy (non-hydrogen) atoms. The Morgan fingerprint density at radius 3 is 2.74 bits per heavy atom. The summed E-state index contributed by atoms with van der Waals surface area (Å²) in [5, 5.41) is 3.40. The topological polar surface area (TPSA) is 42.7 Å². The van der Waals surface area contributed by atoms with Crippen LogP contribution >= 0.6 is 0 Å². The number of unbranched alkanes of at least 4 members (excludes halogenated alkanes) is 5. The van der Waals surface area contributed by atoms with Gasteiger partial charge in [-0.15, -0.1) is 0 Å². The van der Waals surface area contributed by atoms with Gasteiger partial charge < -0.3 is 9.88 Å². The molecular weight excluding hydrogens is 236 g/mol. The van der Waals surface area contributed by atoms with Crippen LogP contribution < -0.4 is 5.32 Å². The summed E-state index contributed by atoms with van der Waals surface area (Å²) in [6, 6.07) is 2.00. The van der Waals surface area contributed by atoms with Gasteiger partial charge in [-0.1, -0.05) is 39.0 Å². The maximum atomic E-state index is 4.40. The fraction of sp³-hybridized carbons (Fsp3) is 0.600. The zero-order valence-electron chi connectivity index (χ0n) is 12.0. The van der Waals surface area contributed by atoms with Crippen molar-refractivity contribution in [2.75, 3.05) is 11.9 Å². The molecule has 0 atom stereocenters. The number of nitrogens with one attached hydrogen (secondary N) is 1. The molecule has 0 amide bonds. The predicted molar refractivity (Wildman–Crippen MR) is 80.4 cm³/mol. The van der Waals surface area contributed by atoms with E-state index in [1.54, 1.807) is 0 Å². The fourth-order valence-corrected chi connectivity index (χ4v) is 2.30. The smallest absolute Gasteiger partial charge is 0.154 e. The van der Waals surface area contributed by atoms with E-state index in [1.807, 2.05) is 30.2 Å². The number of imidazole rings is 1. The molecule has 0 aromatic carbocycles. The Kier molecular flexibility index (Phi) is 5.19. The van der Waals surface area contributed by atoms with Crippen molar-refractivity contribution < 1.29 is 0 Å². The summed E-state index contributed by atoms with van der Waals surface area (Å²) in [6.07, 6.45) is 11.6. The van der Waals surface area contributed by atoms with E-state index in [2.05, 4.69) is 22.2 Å². The summed E-state index contributed by atoms with van der Waals surface area (Å²) < 4.78 is 2.02. The number of aromatic nitrogens is 3. The lowest BCUT2D eigenvalue weighted by atomic mass is 10.1. The second-order valence-corrected chi connectivity index (χ2v) is 5.08. The van der Waals surface area contributed by atoms with Gasteiger partial charge in [0, 0.05) is 19.8 Å². The summed E-state index contributed by atoms with van der Waals surface area (Å²) in [6.45, 7) is 3.23. The minimum absolute atomic E-state index is 0.909. The van der Waals surface area contributed by atoms with Crippen molar-refractivity contribution in [2.45, 2.75) is 45.4 Å². The number of hydrogen-bond donors (Lipinski definition) is 1. The first-order chi connectivity index (χ1) is 9.33. The van der Waals surface area contributed by atoms with Crippen LogP contribution in [0.1, 0.15) is 45.4 Å². The van der Waals surface area contributed by atoms with E-state index in [-0.39, 0.29) is 0 Å². The number of fused-ring (bicyclic) bond motifs is 1. The third-order valence-electron chi connectivity index (χ3n) is 3.47. The number of anilines is 1. The molecule has 0 radical (unpaired) electrons. The Labute approximate surface area is 115 Å². The van der Waals surface area contributed by atoms with Crippen LogP contribution in [0.3, 0.4) is 0 Å². The lowest BCUT2D eigenvalue weighted by Crippen LogP contribution is -2.04. The normalized spacial score (nSPS) is 11.1. The lowest BCUT2D eigenvalue weighted by molar-refractivity contribution is 0.617. The highest BCUT2D eigenvalue weighted by atomic mass is 15.1. The first-order valence-corrected chi connectivity index (χ1v) is 7.33. The van der Waals surface area contributed by atoms with Crippen LogP contribution in [-0.2, 0) is 7.05 Å². The number of pyridine rings is 1. The van der Waals surface area contributed by atoms with Gasteiger partial charge in [0.15, 0.2) is 5.82 Å². The third-order valence-corrected chi connectivity index (χ3v) is 3.47. The first-order valence-electron chi connectivity index (χ1n) is 7.33. The molecule has 0 bridgehead atoms. The lowest BCUT2D eigenvalue weighted by Gasteiger charge is -2.06. The molecule has 104 valence electrons. The van der Waals surface area contributed by atoms with Crippen LogP contribution in [0.15, 0.2) is 18.6 Å². The Morgan fingerprint density at radius 2 is 1.89 bits per heavy atom. The van der Waals surface area contributed by atoms with Gasteiger partial charge in [0.1, 0.15) is 5.52 Å². The molecule has 0 saturated carbocycles. The van der Waals surface area contributed by atoms with Crippen LogP contribution in [0.5, 0.6) is 0 Å². The van der Waals surface area contributed by atoms with E-state index in [9.17, 15) is 0 Å². The molecule has 0 aliphatic heterocycles. The minimum Gasteiger partial charge on any atom is -0.368 e. The number of aryl methyl sites for hydroxylation is 1. The third kappa shape index (κ3) is 3.69. The molecule has 2 rings (SSSR count). The van der Waals surface area contributed by atoms with Crippen molar-refractivity contribution >= 4 is 16.9 Å². The van der Waals surface area contributed by atoms with Gasteiger partial charge in [0.25, 0.3) is 0 Å². The molecule has 0 spiro atoms. The van der Waals surface area contributed by atoms with Crippen molar-refractivity contribution in [3.8, 4) is 0 Å². The van der Waals surface area contributed by atoms with E-state index in [4.69, 9.17) is 0 Å². The molecule has 0 unspecified atom stereocenters. The van der Waals surface area contributed by atoms with Gasteiger partial charge in [-0.3, -0.25) is 0 Å². The Bertz CT molecular complexity index is 504. The zero-order valence-corrected chi connectivity index (χ0v) is 12.0. The van der Waals surface area contributed by atoms with E-state index in [1.165, 1.54) is 38.5 Å². The molecule has 0 fully saturated rings.